The molecule has 35 heavy (non-hydrogen) atoms. The number of Topliss-reactive ketones (excluding diaryl/α,β-unsaturated/α-hetero) is 1. The van der Waals surface area contributed by atoms with Crippen LogP contribution in [0.1, 0.15) is 29.7 Å². The lowest BCUT2D eigenvalue weighted by atomic mass is 9.94. The number of hydrogen-bond acceptors (Lipinski definition) is 6. The van der Waals surface area contributed by atoms with Crippen LogP contribution in [0.5, 0.6) is 17.2 Å². The van der Waals surface area contributed by atoms with Crippen molar-refractivity contribution < 1.29 is 28.9 Å². The molecule has 1 heterocycles. The van der Waals surface area contributed by atoms with Crippen molar-refractivity contribution in [3.8, 4) is 17.2 Å². The summed E-state index contributed by atoms with van der Waals surface area (Å²) in [6.45, 7) is 4.31. The molecule has 0 aromatic heterocycles. The highest BCUT2D eigenvalue weighted by Gasteiger charge is 2.48. The van der Waals surface area contributed by atoms with Gasteiger partial charge in [-0.2, -0.15) is 0 Å². The highest BCUT2D eigenvalue weighted by molar-refractivity contribution is 6.51. The Hall–Kier alpha value is -4.26. The van der Waals surface area contributed by atoms with Crippen LogP contribution in [0.3, 0.4) is 0 Å². The zero-order valence-corrected chi connectivity index (χ0v) is 20.1. The first-order valence-corrected chi connectivity index (χ1v) is 11.2. The zero-order chi connectivity index (χ0) is 25.1. The van der Waals surface area contributed by atoms with Gasteiger partial charge in [0.05, 0.1) is 32.4 Å². The maximum Gasteiger partial charge on any atom is 0.300 e. The molecule has 7 heteroatoms. The monoisotopic (exact) mass is 473 g/mol. The number of ketones is 1. The molecule has 1 saturated heterocycles. The molecule has 7 nitrogen and oxygen atoms in total. The molecule has 1 atom stereocenters. The quantitative estimate of drug-likeness (QED) is 0.294. The molecule has 0 spiro atoms. The molecule has 1 fully saturated rings. The first kappa shape index (κ1) is 23.9. The van der Waals surface area contributed by atoms with Gasteiger partial charge in [-0.05, 0) is 56.3 Å². The summed E-state index contributed by atoms with van der Waals surface area (Å²) in [4.78, 5) is 28.1. The molecule has 0 bridgehead atoms. The third kappa shape index (κ3) is 4.45. The summed E-state index contributed by atoms with van der Waals surface area (Å²) >= 11 is 0. The van der Waals surface area contributed by atoms with Gasteiger partial charge < -0.3 is 19.3 Å². The van der Waals surface area contributed by atoms with E-state index in [0.717, 1.165) is 5.56 Å². The predicted octanol–water partition coefficient (Wildman–Crippen LogP) is 5.04. The SMILES string of the molecule is CCOc1ccc(N2C(=O)C(=O)/C(=C(/O)c3ccc(C)cc3)C2c2cc(OC)ccc2OC)cc1. The molecule has 0 radical (unpaired) electrons. The number of amides is 1. The Kier molecular flexibility index (Phi) is 6.78. The minimum atomic E-state index is -0.945. The summed E-state index contributed by atoms with van der Waals surface area (Å²) in [5.41, 5.74) is 2.40. The molecule has 3 aromatic carbocycles. The van der Waals surface area contributed by atoms with Crippen LogP contribution in [0, 0.1) is 6.92 Å². The van der Waals surface area contributed by atoms with Gasteiger partial charge in [-0.3, -0.25) is 14.5 Å². The normalized spacial score (nSPS) is 16.9. The lowest BCUT2D eigenvalue weighted by Gasteiger charge is -2.27. The molecular weight excluding hydrogens is 446 g/mol. The van der Waals surface area contributed by atoms with Gasteiger partial charge in [-0.15, -0.1) is 0 Å². The van der Waals surface area contributed by atoms with E-state index in [2.05, 4.69) is 0 Å². The van der Waals surface area contributed by atoms with Crippen LogP contribution in [-0.2, 0) is 9.59 Å². The van der Waals surface area contributed by atoms with E-state index in [1.54, 1.807) is 54.6 Å². The van der Waals surface area contributed by atoms with Gasteiger partial charge in [0.2, 0.25) is 0 Å². The van der Waals surface area contributed by atoms with Gasteiger partial charge >= 0.3 is 0 Å². The Balaban J connectivity index is 1.96. The molecule has 1 unspecified atom stereocenters. The Morgan fingerprint density at radius 2 is 1.57 bits per heavy atom. The third-order valence-corrected chi connectivity index (χ3v) is 5.93. The highest BCUT2D eigenvalue weighted by Crippen LogP contribution is 2.46. The van der Waals surface area contributed by atoms with Crippen LogP contribution in [0.2, 0.25) is 0 Å². The summed E-state index contributed by atoms with van der Waals surface area (Å²) in [6, 6.07) is 18.2. The standard InChI is InChI=1S/C28H27NO6/c1-5-35-20-12-10-19(11-13-20)29-25(22-16-21(33-3)14-15-23(22)34-4)24(27(31)28(29)32)26(30)18-8-6-17(2)7-9-18/h6-16,25,30H,5H2,1-4H3/b26-24+. The molecule has 4 rings (SSSR count). The van der Waals surface area contributed by atoms with Crippen LogP contribution < -0.4 is 19.1 Å². The summed E-state index contributed by atoms with van der Waals surface area (Å²) in [5.74, 6) is -0.184. The number of carbonyl (C=O) groups is 2. The van der Waals surface area contributed by atoms with Gasteiger partial charge in [-0.25, -0.2) is 0 Å². The van der Waals surface area contributed by atoms with E-state index in [1.807, 2.05) is 26.0 Å². The second-order valence-electron chi connectivity index (χ2n) is 8.07. The fraction of sp³-hybridized carbons (Fsp3) is 0.214. The number of benzene rings is 3. The van der Waals surface area contributed by atoms with Crippen LogP contribution in [0.15, 0.2) is 72.3 Å². The van der Waals surface area contributed by atoms with Crippen LogP contribution >= 0.6 is 0 Å². The minimum Gasteiger partial charge on any atom is -0.507 e. The van der Waals surface area contributed by atoms with Gasteiger partial charge in [0, 0.05) is 16.8 Å². The summed E-state index contributed by atoms with van der Waals surface area (Å²) in [7, 11) is 3.04. The van der Waals surface area contributed by atoms with E-state index in [-0.39, 0.29) is 11.3 Å². The second kappa shape index (κ2) is 9.93. The molecule has 1 amide bonds. The number of aliphatic hydroxyl groups is 1. The number of aliphatic hydroxyl groups excluding tert-OH is 1. The zero-order valence-electron chi connectivity index (χ0n) is 20.1. The van der Waals surface area contributed by atoms with Crippen molar-refractivity contribution in [1.82, 2.24) is 0 Å². The summed E-state index contributed by atoms with van der Waals surface area (Å²) < 4.78 is 16.5. The number of hydrogen-bond donors (Lipinski definition) is 1. The fourth-order valence-electron chi connectivity index (χ4n) is 4.18. The second-order valence-corrected chi connectivity index (χ2v) is 8.07. The number of aryl methyl sites for hydroxylation is 1. The largest absolute Gasteiger partial charge is 0.507 e. The van der Waals surface area contributed by atoms with Crippen molar-refractivity contribution in [2.75, 3.05) is 25.7 Å². The number of carbonyl (C=O) groups excluding carboxylic acids is 2. The average Bonchev–Trinajstić information content (AvgIpc) is 3.14. The van der Waals surface area contributed by atoms with E-state index < -0.39 is 17.7 Å². The predicted molar refractivity (Wildman–Crippen MR) is 133 cm³/mol. The number of anilines is 1. The Morgan fingerprint density at radius 3 is 2.17 bits per heavy atom. The first-order valence-electron chi connectivity index (χ1n) is 11.2. The fourth-order valence-corrected chi connectivity index (χ4v) is 4.18. The summed E-state index contributed by atoms with van der Waals surface area (Å²) in [5, 5.41) is 11.3. The topological polar surface area (TPSA) is 85.3 Å². The lowest BCUT2D eigenvalue weighted by Crippen LogP contribution is -2.29. The number of rotatable bonds is 7. The molecule has 3 aromatic rings. The van der Waals surface area contributed by atoms with Crippen molar-refractivity contribution in [2.24, 2.45) is 0 Å². The number of ether oxygens (including phenoxy) is 3. The van der Waals surface area contributed by atoms with Crippen LogP contribution in [0.25, 0.3) is 5.76 Å². The Labute approximate surface area is 204 Å². The molecular formula is C28H27NO6. The van der Waals surface area contributed by atoms with Gasteiger partial charge in [-0.1, -0.05) is 29.8 Å². The van der Waals surface area contributed by atoms with E-state index in [0.29, 0.717) is 40.7 Å². The first-order chi connectivity index (χ1) is 16.9. The lowest BCUT2D eigenvalue weighted by molar-refractivity contribution is -0.132. The average molecular weight is 474 g/mol. The number of methoxy groups -OCH3 is 2. The molecule has 0 aliphatic carbocycles. The van der Waals surface area contributed by atoms with Crippen molar-refractivity contribution >= 4 is 23.1 Å². The van der Waals surface area contributed by atoms with Crippen molar-refractivity contribution in [1.29, 1.82) is 0 Å². The maximum atomic E-state index is 13.4. The Bertz CT molecular complexity index is 1280. The van der Waals surface area contributed by atoms with Gasteiger partial charge in [0.15, 0.2) is 0 Å². The molecule has 1 aliphatic rings. The van der Waals surface area contributed by atoms with Gasteiger partial charge in [0.1, 0.15) is 23.0 Å². The van der Waals surface area contributed by atoms with Crippen molar-refractivity contribution in [3.63, 3.8) is 0 Å². The molecule has 1 aliphatic heterocycles. The molecule has 1 N–H and O–H groups in total. The van der Waals surface area contributed by atoms with Crippen molar-refractivity contribution in [3.05, 3.63) is 89.0 Å². The highest BCUT2D eigenvalue weighted by atomic mass is 16.5. The van der Waals surface area contributed by atoms with Gasteiger partial charge in [0.25, 0.3) is 11.7 Å². The van der Waals surface area contributed by atoms with E-state index in [1.165, 1.54) is 19.1 Å². The van der Waals surface area contributed by atoms with Crippen LogP contribution in [0.4, 0.5) is 5.69 Å². The minimum absolute atomic E-state index is 0.0284. The third-order valence-electron chi connectivity index (χ3n) is 5.93. The molecule has 180 valence electrons. The number of nitrogens with zero attached hydrogens (tertiary/aromatic N) is 1. The van der Waals surface area contributed by atoms with Crippen LogP contribution in [-0.4, -0.2) is 37.6 Å². The molecule has 0 saturated carbocycles. The van der Waals surface area contributed by atoms with Crippen molar-refractivity contribution in [2.45, 2.75) is 19.9 Å². The Morgan fingerprint density at radius 1 is 0.914 bits per heavy atom. The summed E-state index contributed by atoms with van der Waals surface area (Å²) in [6.07, 6.45) is 0. The maximum absolute atomic E-state index is 13.4. The smallest absolute Gasteiger partial charge is 0.300 e. The van der Waals surface area contributed by atoms with E-state index in [9.17, 15) is 14.7 Å². The van der Waals surface area contributed by atoms with E-state index >= 15 is 0 Å². The van der Waals surface area contributed by atoms with E-state index in [4.69, 9.17) is 14.2 Å².